The molecule has 5 rings (SSSR count). The van der Waals surface area contributed by atoms with Crippen molar-refractivity contribution in [2.45, 2.75) is 31.9 Å². The molecular formula is C22H21N3O. The van der Waals surface area contributed by atoms with Crippen LogP contribution in [0, 0.1) is 6.92 Å². The minimum atomic E-state index is -0.643. The number of likely N-dealkylation sites (N-methyl/N-ethyl adjacent to an activating group) is 1. The molecule has 1 spiro atoms. The van der Waals surface area contributed by atoms with Gasteiger partial charge in [-0.1, -0.05) is 18.2 Å². The Hall–Kier alpha value is -2.88. The lowest BCUT2D eigenvalue weighted by Crippen LogP contribution is -2.61. The summed E-state index contributed by atoms with van der Waals surface area (Å²) >= 11 is 0. The predicted octanol–water partition coefficient (Wildman–Crippen LogP) is 4.76. The van der Waals surface area contributed by atoms with Crippen LogP contribution in [0.1, 0.15) is 25.1 Å². The molecule has 0 unspecified atom stereocenters. The number of aryl methyl sites for hydroxylation is 1. The first-order valence-corrected chi connectivity index (χ1v) is 8.92. The number of pyridine rings is 1. The molecule has 1 aromatic heterocycles. The molecular weight excluding hydrogens is 322 g/mol. The quantitative estimate of drug-likeness (QED) is 0.590. The normalized spacial score (nSPS) is 22.4. The number of fused-ring (bicyclic) bond motifs is 4. The molecule has 0 saturated carbocycles. The summed E-state index contributed by atoms with van der Waals surface area (Å²) in [5.74, 6) is 0.804. The topological polar surface area (TPSA) is 37.7 Å². The third-order valence-electron chi connectivity index (χ3n) is 5.91. The Morgan fingerprint density at radius 3 is 2.62 bits per heavy atom. The van der Waals surface area contributed by atoms with E-state index in [9.17, 15) is 0 Å². The van der Waals surface area contributed by atoms with Crippen molar-refractivity contribution in [3.63, 3.8) is 0 Å². The van der Waals surface area contributed by atoms with Crippen molar-refractivity contribution in [1.82, 2.24) is 4.98 Å². The molecule has 130 valence electrons. The molecule has 0 aliphatic carbocycles. The van der Waals surface area contributed by atoms with E-state index >= 15 is 0 Å². The zero-order chi connectivity index (χ0) is 18.1. The van der Waals surface area contributed by atoms with E-state index in [2.05, 4.69) is 61.1 Å². The molecule has 3 aromatic rings. The van der Waals surface area contributed by atoms with Crippen LogP contribution in [-0.2, 0) is 5.41 Å². The van der Waals surface area contributed by atoms with Crippen LogP contribution >= 0.6 is 0 Å². The summed E-state index contributed by atoms with van der Waals surface area (Å²) < 4.78 is 6.68. The van der Waals surface area contributed by atoms with E-state index in [0.29, 0.717) is 0 Å². The molecule has 0 bridgehead atoms. The number of rotatable bonds is 0. The van der Waals surface area contributed by atoms with Crippen LogP contribution in [0.4, 0.5) is 11.4 Å². The number of ether oxygens (including phenoxy) is 1. The molecule has 0 saturated heterocycles. The van der Waals surface area contributed by atoms with Crippen molar-refractivity contribution in [1.29, 1.82) is 0 Å². The Kier molecular flexibility index (Phi) is 2.87. The summed E-state index contributed by atoms with van der Waals surface area (Å²) in [6, 6.07) is 16.6. The fraction of sp³-hybridized carbons (Fsp3) is 0.273. The summed E-state index contributed by atoms with van der Waals surface area (Å²) in [6.07, 6.45) is 1.97. The average Bonchev–Trinajstić information content (AvgIpc) is 2.80. The fourth-order valence-electron chi connectivity index (χ4n) is 4.36. The van der Waals surface area contributed by atoms with Crippen molar-refractivity contribution >= 4 is 28.5 Å². The van der Waals surface area contributed by atoms with Crippen LogP contribution in [0.5, 0.6) is 5.75 Å². The highest BCUT2D eigenvalue weighted by Crippen LogP contribution is 2.53. The second-order valence-corrected chi connectivity index (χ2v) is 7.69. The van der Waals surface area contributed by atoms with Crippen molar-refractivity contribution in [3.8, 4) is 5.75 Å². The molecule has 0 radical (unpaired) electrons. The van der Waals surface area contributed by atoms with Gasteiger partial charge < -0.3 is 9.64 Å². The number of benzene rings is 2. The maximum absolute atomic E-state index is 6.68. The Balaban J connectivity index is 1.70. The molecule has 4 heteroatoms. The number of aromatic nitrogens is 1. The Morgan fingerprint density at radius 1 is 1.00 bits per heavy atom. The SMILES string of the molecule is Cc1ccc2c3c(ccc2n1)O[C@]1(C=N3)N(C)c2ccccc2C1(C)C. The van der Waals surface area contributed by atoms with Crippen molar-refractivity contribution < 1.29 is 4.74 Å². The maximum atomic E-state index is 6.68. The molecule has 2 aliphatic heterocycles. The van der Waals surface area contributed by atoms with Gasteiger partial charge in [-0.15, -0.1) is 0 Å². The minimum Gasteiger partial charge on any atom is -0.459 e. The summed E-state index contributed by atoms with van der Waals surface area (Å²) in [5, 5.41) is 1.02. The molecule has 2 aromatic carbocycles. The van der Waals surface area contributed by atoms with Crippen LogP contribution in [0.3, 0.4) is 0 Å². The zero-order valence-electron chi connectivity index (χ0n) is 15.4. The summed E-state index contributed by atoms with van der Waals surface area (Å²) in [6.45, 7) is 6.44. The van der Waals surface area contributed by atoms with E-state index in [1.807, 2.05) is 31.3 Å². The number of para-hydroxylation sites is 1. The Morgan fingerprint density at radius 2 is 1.81 bits per heavy atom. The van der Waals surface area contributed by atoms with Gasteiger partial charge in [0.25, 0.3) is 0 Å². The number of hydrogen-bond acceptors (Lipinski definition) is 4. The van der Waals surface area contributed by atoms with E-state index < -0.39 is 5.72 Å². The standard InChI is InChI=1S/C22H21N3O/c1-14-9-10-15-17(24-14)11-12-19-20(15)23-13-22(26-19)21(2,3)16-7-5-6-8-18(16)25(22)4/h5-13H,1-4H3/t22-/m0/s1. The monoisotopic (exact) mass is 343 g/mol. The lowest BCUT2D eigenvalue weighted by Gasteiger charge is -2.44. The number of nitrogens with zero attached hydrogens (tertiary/aromatic N) is 3. The van der Waals surface area contributed by atoms with Gasteiger partial charge in [0.15, 0.2) is 0 Å². The number of anilines is 1. The first-order valence-electron chi connectivity index (χ1n) is 8.92. The van der Waals surface area contributed by atoms with Gasteiger partial charge in [0.1, 0.15) is 11.4 Å². The van der Waals surface area contributed by atoms with E-state index in [4.69, 9.17) is 9.73 Å². The number of aliphatic imine (C=N–C) groups is 1. The van der Waals surface area contributed by atoms with Crippen LogP contribution in [0.2, 0.25) is 0 Å². The zero-order valence-corrected chi connectivity index (χ0v) is 15.4. The highest BCUT2D eigenvalue weighted by Gasteiger charge is 2.58. The van der Waals surface area contributed by atoms with Gasteiger partial charge in [-0.3, -0.25) is 9.98 Å². The van der Waals surface area contributed by atoms with Gasteiger partial charge in [0.05, 0.1) is 17.1 Å². The highest BCUT2D eigenvalue weighted by atomic mass is 16.5. The van der Waals surface area contributed by atoms with E-state index in [1.165, 1.54) is 11.3 Å². The summed E-state index contributed by atoms with van der Waals surface area (Å²) in [4.78, 5) is 11.7. The Labute approximate surface area is 153 Å². The largest absolute Gasteiger partial charge is 0.459 e. The first kappa shape index (κ1) is 15.4. The predicted molar refractivity (Wildman–Crippen MR) is 106 cm³/mol. The first-order chi connectivity index (χ1) is 12.4. The van der Waals surface area contributed by atoms with E-state index in [1.54, 1.807) is 0 Å². The summed E-state index contributed by atoms with van der Waals surface area (Å²) in [7, 11) is 2.08. The molecule has 26 heavy (non-hydrogen) atoms. The minimum absolute atomic E-state index is 0.236. The van der Waals surface area contributed by atoms with Crippen molar-refractivity contribution in [2.24, 2.45) is 4.99 Å². The van der Waals surface area contributed by atoms with Crippen LogP contribution in [-0.4, -0.2) is 24.0 Å². The van der Waals surface area contributed by atoms with Crippen LogP contribution < -0.4 is 9.64 Å². The third kappa shape index (κ3) is 1.74. The Bertz CT molecular complexity index is 1090. The van der Waals surface area contributed by atoms with Gasteiger partial charge in [-0.05, 0) is 56.7 Å². The maximum Gasteiger partial charge on any atom is 0.228 e. The average molecular weight is 343 g/mol. The van der Waals surface area contributed by atoms with Crippen LogP contribution in [0.15, 0.2) is 53.5 Å². The highest BCUT2D eigenvalue weighted by molar-refractivity contribution is 5.98. The fourth-order valence-corrected chi connectivity index (χ4v) is 4.36. The van der Waals surface area contributed by atoms with E-state index in [-0.39, 0.29) is 5.41 Å². The van der Waals surface area contributed by atoms with Crippen molar-refractivity contribution in [3.05, 3.63) is 59.8 Å². The van der Waals surface area contributed by atoms with Gasteiger partial charge in [-0.2, -0.15) is 0 Å². The molecule has 0 N–H and O–H groups in total. The summed E-state index contributed by atoms with van der Waals surface area (Å²) in [5.41, 5.74) is 4.39. The molecule has 0 amide bonds. The molecule has 2 aliphatic rings. The molecule has 1 atom stereocenters. The lowest BCUT2D eigenvalue weighted by atomic mass is 9.77. The van der Waals surface area contributed by atoms with Crippen molar-refractivity contribution in [2.75, 3.05) is 11.9 Å². The molecule has 4 nitrogen and oxygen atoms in total. The second-order valence-electron chi connectivity index (χ2n) is 7.69. The second kappa shape index (κ2) is 4.85. The van der Waals surface area contributed by atoms with E-state index in [0.717, 1.165) is 28.0 Å². The third-order valence-corrected chi connectivity index (χ3v) is 5.91. The van der Waals surface area contributed by atoms with Gasteiger partial charge in [0.2, 0.25) is 5.72 Å². The molecule has 0 fully saturated rings. The molecule has 3 heterocycles. The number of hydrogen-bond donors (Lipinski definition) is 0. The van der Waals surface area contributed by atoms with Gasteiger partial charge in [-0.25, -0.2) is 0 Å². The smallest absolute Gasteiger partial charge is 0.228 e. The van der Waals surface area contributed by atoms with Crippen LogP contribution in [0.25, 0.3) is 10.9 Å². The lowest BCUT2D eigenvalue weighted by molar-refractivity contribution is 0.0826. The van der Waals surface area contributed by atoms with Gasteiger partial charge >= 0.3 is 0 Å². The van der Waals surface area contributed by atoms with Gasteiger partial charge in [0, 0.05) is 23.8 Å².